The van der Waals surface area contributed by atoms with Crippen LogP contribution in [0, 0.1) is 0 Å². The summed E-state index contributed by atoms with van der Waals surface area (Å²) in [5.41, 5.74) is 0. The van der Waals surface area contributed by atoms with Crippen molar-refractivity contribution >= 4 is 7.67 Å². The van der Waals surface area contributed by atoms with Crippen LogP contribution in [-0.4, -0.2) is 42.1 Å². The van der Waals surface area contributed by atoms with Crippen LogP contribution in [0.1, 0.15) is 34.6 Å². The second kappa shape index (κ2) is 7.37. The third-order valence-electron chi connectivity index (χ3n) is 2.50. The van der Waals surface area contributed by atoms with Crippen LogP contribution >= 0.6 is 7.67 Å². The molecule has 0 unspecified atom stereocenters. The standard InChI is InChI=1S/C10H25FN3P/c1-6-12-15(11,13(7-2)8-3)14(9-4)10-5/h6-10H2,1-5H3. The number of hydrogen-bond acceptors (Lipinski definition) is 1. The van der Waals surface area contributed by atoms with Crippen molar-refractivity contribution in [3.05, 3.63) is 0 Å². The van der Waals surface area contributed by atoms with E-state index in [1.54, 1.807) is 0 Å². The molecule has 0 spiro atoms. The van der Waals surface area contributed by atoms with E-state index in [-0.39, 0.29) is 0 Å². The average molecular weight is 237 g/mol. The maximum absolute atomic E-state index is 14.9. The molecule has 0 aromatic rings. The Hall–Kier alpha value is 0.0800. The van der Waals surface area contributed by atoms with E-state index in [0.29, 0.717) is 6.54 Å². The van der Waals surface area contributed by atoms with Gasteiger partial charge in [-0.15, -0.1) is 0 Å². The Morgan fingerprint density at radius 2 is 1.20 bits per heavy atom. The first-order valence-electron chi connectivity index (χ1n) is 5.89. The van der Waals surface area contributed by atoms with Crippen LogP contribution in [-0.2, 0) is 0 Å². The van der Waals surface area contributed by atoms with Gasteiger partial charge < -0.3 is 0 Å². The quantitative estimate of drug-likeness (QED) is 0.630. The summed E-state index contributed by atoms with van der Waals surface area (Å²) in [5.74, 6) is 0. The normalized spacial score (nSPS) is 12.5. The van der Waals surface area contributed by atoms with Gasteiger partial charge in [0.25, 0.3) is 7.67 Å². The van der Waals surface area contributed by atoms with Gasteiger partial charge in [-0.25, -0.2) is 14.1 Å². The first-order chi connectivity index (χ1) is 7.10. The lowest BCUT2D eigenvalue weighted by Crippen LogP contribution is -2.30. The largest absolute Gasteiger partial charge is 0.268 e. The predicted octanol–water partition coefficient (Wildman–Crippen LogP) is 3.61. The Morgan fingerprint density at radius 1 is 0.867 bits per heavy atom. The fourth-order valence-electron chi connectivity index (χ4n) is 1.70. The zero-order valence-corrected chi connectivity index (χ0v) is 11.6. The maximum atomic E-state index is 14.9. The molecule has 0 saturated carbocycles. The summed E-state index contributed by atoms with van der Waals surface area (Å²) in [4.78, 5) is 0. The van der Waals surface area contributed by atoms with Crippen LogP contribution < -0.4 is 0 Å². The van der Waals surface area contributed by atoms with E-state index in [2.05, 4.69) is 4.74 Å². The summed E-state index contributed by atoms with van der Waals surface area (Å²) in [6.45, 7) is 13.3. The number of nitrogens with zero attached hydrogens (tertiary/aromatic N) is 3. The first-order valence-corrected chi connectivity index (χ1v) is 7.42. The van der Waals surface area contributed by atoms with Gasteiger partial charge in [0.1, 0.15) is 0 Å². The molecule has 0 rings (SSSR count). The molecule has 0 saturated heterocycles. The third-order valence-corrected chi connectivity index (χ3v) is 5.71. The van der Waals surface area contributed by atoms with Gasteiger partial charge in [-0.2, -0.15) is 4.20 Å². The van der Waals surface area contributed by atoms with Crippen LogP contribution in [0.15, 0.2) is 4.74 Å². The lowest BCUT2D eigenvalue weighted by molar-refractivity contribution is 0.378. The van der Waals surface area contributed by atoms with Crippen molar-refractivity contribution < 1.29 is 4.20 Å². The topological polar surface area (TPSA) is 18.8 Å². The molecule has 0 amide bonds. The van der Waals surface area contributed by atoms with Crippen molar-refractivity contribution in [2.75, 3.05) is 32.7 Å². The van der Waals surface area contributed by atoms with Crippen molar-refractivity contribution in [2.24, 2.45) is 4.74 Å². The summed E-state index contributed by atoms with van der Waals surface area (Å²) in [6.07, 6.45) is 0. The maximum Gasteiger partial charge on any atom is 0.268 e. The summed E-state index contributed by atoms with van der Waals surface area (Å²) in [5, 5.41) is 0. The van der Waals surface area contributed by atoms with Gasteiger partial charge in [-0.1, -0.05) is 27.7 Å². The summed E-state index contributed by atoms with van der Waals surface area (Å²) < 4.78 is 22.9. The monoisotopic (exact) mass is 237 g/mol. The fraction of sp³-hybridized carbons (Fsp3) is 1.00. The molecule has 0 aliphatic heterocycles. The lowest BCUT2D eigenvalue weighted by Gasteiger charge is -2.35. The minimum Gasteiger partial charge on any atom is -0.247 e. The second-order valence-electron chi connectivity index (χ2n) is 3.23. The molecule has 15 heavy (non-hydrogen) atoms. The van der Waals surface area contributed by atoms with E-state index in [9.17, 15) is 4.20 Å². The first kappa shape index (κ1) is 15.1. The van der Waals surface area contributed by atoms with E-state index in [1.165, 1.54) is 0 Å². The van der Waals surface area contributed by atoms with Crippen molar-refractivity contribution in [3.8, 4) is 0 Å². The number of hydrogen-bond donors (Lipinski definition) is 0. The van der Waals surface area contributed by atoms with E-state index in [0.717, 1.165) is 26.2 Å². The van der Waals surface area contributed by atoms with Crippen molar-refractivity contribution in [1.82, 2.24) is 9.34 Å². The molecule has 0 heterocycles. The van der Waals surface area contributed by atoms with E-state index in [4.69, 9.17) is 0 Å². The van der Waals surface area contributed by atoms with Crippen molar-refractivity contribution in [1.29, 1.82) is 0 Å². The fourth-order valence-corrected chi connectivity index (χ4v) is 4.22. The lowest BCUT2D eigenvalue weighted by atomic mass is 10.7. The van der Waals surface area contributed by atoms with Gasteiger partial charge in [0.05, 0.1) is 0 Å². The zero-order chi connectivity index (χ0) is 11.9. The Balaban J connectivity index is 5.11. The molecule has 3 nitrogen and oxygen atoms in total. The Morgan fingerprint density at radius 3 is 1.40 bits per heavy atom. The van der Waals surface area contributed by atoms with E-state index in [1.807, 2.05) is 44.0 Å². The molecule has 0 aliphatic rings. The van der Waals surface area contributed by atoms with Gasteiger partial charge in [-0.05, 0) is 6.92 Å². The molecule has 0 N–H and O–H groups in total. The van der Waals surface area contributed by atoms with Crippen LogP contribution in [0.3, 0.4) is 0 Å². The zero-order valence-electron chi connectivity index (χ0n) is 10.7. The predicted molar refractivity (Wildman–Crippen MR) is 66.8 cm³/mol. The highest BCUT2D eigenvalue weighted by Crippen LogP contribution is 2.57. The second-order valence-corrected chi connectivity index (χ2v) is 5.63. The Kier molecular flexibility index (Phi) is 7.41. The van der Waals surface area contributed by atoms with E-state index >= 15 is 0 Å². The third kappa shape index (κ3) is 3.54. The minimum absolute atomic E-state index is 0.553. The average Bonchev–Trinajstić information content (AvgIpc) is 2.21. The molecule has 0 aromatic heterocycles. The highest BCUT2D eigenvalue weighted by Gasteiger charge is 2.30. The summed E-state index contributed by atoms with van der Waals surface area (Å²) >= 11 is 0. The highest BCUT2D eigenvalue weighted by atomic mass is 31.2. The molecule has 0 bridgehead atoms. The van der Waals surface area contributed by atoms with Crippen molar-refractivity contribution in [3.63, 3.8) is 0 Å². The minimum atomic E-state index is -2.90. The number of rotatable bonds is 7. The van der Waals surface area contributed by atoms with Crippen LogP contribution in [0.25, 0.3) is 0 Å². The van der Waals surface area contributed by atoms with Crippen molar-refractivity contribution in [2.45, 2.75) is 34.6 Å². The number of halogens is 1. The molecular formula is C10H25FN3P. The molecule has 5 heteroatoms. The molecule has 0 aromatic carbocycles. The molecule has 0 aliphatic carbocycles. The summed E-state index contributed by atoms with van der Waals surface area (Å²) in [6, 6.07) is 0. The van der Waals surface area contributed by atoms with Crippen LogP contribution in [0.4, 0.5) is 4.20 Å². The van der Waals surface area contributed by atoms with Gasteiger partial charge in [0.15, 0.2) is 0 Å². The molecule has 0 fully saturated rings. The molecule has 0 atom stereocenters. The Labute approximate surface area is 93.9 Å². The van der Waals surface area contributed by atoms with Gasteiger partial charge in [-0.3, -0.25) is 0 Å². The van der Waals surface area contributed by atoms with E-state index < -0.39 is 7.67 Å². The molecular weight excluding hydrogens is 212 g/mol. The smallest absolute Gasteiger partial charge is 0.247 e. The molecule has 92 valence electrons. The Bertz CT molecular complexity index is 197. The van der Waals surface area contributed by atoms with Crippen LogP contribution in [0.5, 0.6) is 0 Å². The van der Waals surface area contributed by atoms with Gasteiger partial charge >= 0.3 is 0 Å². The molecule has 0 radical (unpaired) electrons. The SMILES string of the molecule is CCN=P(F)(N(CC)CC)N(CC)CC. The highest BCUT2D eigenvalue weighted by molar-refractivity contribution is 7.56. The van der Waals surface area contributed by atoms with Crippen LogP contribution in [0.2, 0.25) is 0 Å². The summed E-state index contributed by atoms with van der Waals surface area (Å²) in [7, 11) is -2.90. The van der Waals surface area contributed by atoms with Gasteiger partial charge in [0, 0.05) is 32.7 Å². The van der Waals surface area contributed by atoms with Gasteiger partial charge in [0.2, 0.25) is 0 Å².